The highest BCUT2D eigenvalue weighted by Gasteiger charge is 1.52. The van der Waals surface area contributed by atoms with Crippen molar-refractivity contribution in [3.05, 3.63) is 24.6 Å². The van der Waals surface area contributed by atoms with E-state index < -0.39 is 0 Å². The highest BCUT2D eigenvalue weighted by Crippen LogP contribution is 1.71. The summed E-state index contributed by atoms with van der Waals surface area (Å²) >= 11 is 0. The molecular weight excluding hydrogens is 88.1 g/mol. The molecule has 38 valence electrons. The maximum atomic E-state index is 4.98. The van der Waals surface area contributed by atoms with Gasteiger partial charge in [0.15, 0.2) is 0 Å². The molecule has 2 heteroatoms. The Balaban J connectivity index is 3.27. The molecule has 0 fully saturated rings. The average molecular weight is 96.1 g/mol. The third kappa shape index (κ3) is 4.95. The zero-order chi connectivity index (χ0) is 5.54. The average Bonchev–Trinajstić information content (AvgIpc) is 1.69. The van der Waals surface area contributed by atoms with Crippen LogP contribution in [0.1, 0.15) is 0 Å². The first-order valence-corrected chi connectivity index (χ1v) is 1.91. The zero-order valence-electron chi connectivity index (χ0n) is 4.04. The molecule has 2 N–H and O–H groups in total. The van der Waals surface area contributed by atoms with E-state index in [-0.39, 0.29) is 0 Å². The molecule has 0 heterocycles. The minimum Gasteiger partial charge on any atom is -0.405 e. The van der Waals surface area contributed by atoms with Gasteiger partial charge in [0.1, 0.15) is 0 Å². The van der Waals surface area contributed by atoms with Crippen LogP contribution in [0.15, 0.2) is 29.5 Å². The van der Waals surface area contributed by atoms with Gasteiger partial charge in [0.25, 0.3) is 0 Å². The van der Waals surface area contributed by atoms with Crippen molar-refractivity contribution >= 4 is 6.72 Å². The van der Waals surface area contributed by atoms with Gasteiger partial charge in [-0.3, -0.25) is 4.99 Å². The summed E-state index contributed by atoms with van der Waals surface area (Å²) in [7, 11) is 0. The van der Waals surface area contributed by atoms with Crippen LogP contribution in [0, 0.1) is 0 Å². The first kappa shape index (κ1) is 5.95. The molecule has 0 spiro atoms. The minimum absolute atomic E-state index is 1.43. The Morgan fingerprint density at radius 2 is 2.14 bits per heavy atom. The Morgan fingerprint density at radius 3 is 2.57 bits per heavy atom. The van der Waals surface area contributed by atoms with Crippen LogP contribution < -0.4 is 5.73 Å². The fraction of sp³-hybridized carbons (Fsp3) is 0. The van der Waals surface area contributed by atoms with Gasteiger partial charge >= 0.3 is 0 Å². The Morgan fingerprint density at radius 1 is 1.43 bits per heavy atom. The van der Waals surface area contributed by atoms with Gasteiger partial charge < -0.3 is 5.73 Å². The summed E-state index contributed by atoms with van der Waals surface area (Å²) in [6.45, 7) is 3.22. The molecule has 2 nitrogen and oxygen atoms in total. The molecule has 0 saturated carbocycles. The molecule has 0 aromatic rings. The highest BCUT2D eigenvalue weighted by molar-refractivity contribution is 5.26. The fourth-order valence-corrected chi connectivity index (χ4v) is 0.175. The number of nitrogens with zero attached hydrogens (tertiary/aromatic N) is 1. The van der Waals surface area contributed by atoms with E-state index in [1.165, 1.54) is 6.20 Å². The van der Waals surface area contributed by atoms with Gasteiger partial charge in [0, 0.05) is 6.20 Å². The zero-order valence-corrected chi connectivity index (χ0v) is 4.04. The summed E-state index contributed by atoms with van der Waals surface area (Å²) in [6, 6.07) is 0. The van der Waals surface area contributed by atoms with Gasteiger partial charge in [-0.15, -0.1) is 0 Å². The van der Waals surface area contributed by atoms with Crippen molar-refractivity contribution in [2.75, 3.05) is 0 Å². The summed E-state index contributed by atoms with van der Waals surface area (Å²) in [5.41, 5.74) is 4.98. The maximum Gasteiger partial charge on any atom is 0.0261 e. The van der Waals surface area contributed by atoms with Gasteiger partial charge in [-0.1, -0.05) is 0 Å². The molecule has 0 aliphatic carbocycles. The number of hydrogen-bond acceptors (Lipinski definition) is 2. The Kier molecular flexibility index (Phi) is 4.21. The molecule has 0 radical (unpaired) electrons. The van der Waals surface area contributed by atoms with E-state index in [4.69, 9.17) is 5.73 Å². The molecule has 0 aliphatic heterocycles. The Bertz CT molecular complexity index is 92.3. The van der Waals surface area contributed by atoms with E-state index in [1.807, 2.05) is 0 Å². The Labute approximate surface area is 43.1 Å². The van der Waals surface area contributed by atoms with Crippen molar-refractivity contribution in [2.24, 2.45) is 10.7 Å². The van der Waals surface area contributed by atoms with Crippen molar-refractivity contribution in [3.63, 3.8) is 0 Å². The first-order chi connectivity index (χ1) is 3.41. The minimum atomic E-state index is 1.43. The van der Waals surface area contributed by atoms with E-state index >= 15 is 0 Å². The second kappa shape index (κ2) is 4.95. The third-order valence-electron chi connectivity index (χ3n) is 0.414. The third-order valence-corrected chi connectivity index (χ3v) is 0.414. The molecule has 0 unspecified atom stereocenters. The molecular formula is C5H8N2. The van der Waals surface area contributed by atoms with E-state index in [1.54, 1.807) is 18.4 Å². The molecule has 0 rings (SSSR count). The van der Waals surface area contributed by atoms with Crippen molar-refractivity contribution in [1.82, 2.24) is 0 Å². The lowest BCUT2D eigenvalue weighted by Crippen LogP contribution is -1.71. The van der Waals surface area contributed by atoms with Gasteiger partial charge in [-0.05, 0) is 25.1 Å². The number of rotatable bonds is 2. The van der Waals surface area contributed by atoms with Crippen LogP contribution >= 0.6 is 0 Å². The second-order valence-electron chi connectivity index (χ2n) is 0.909. The van der Waals surface area contributed by atoms with E-state index in [0.29, 0.717) is 0 Å². The van der Waals surface area contributed by atoms with Crippen molar-refractivity contribution in [2.45, 2.75) is 0 Å². The SMILES string of the molecule is C=N/C=C\C=C/N. The molecule has 7 heavy (non-hydrogen) atoms. The quantitative estimate of drug-likeness (QED) is 0.398. The number of allylic oxidation sites excluding steroid dienone is 2. The molecule has 0 bridgehead atoms. The first-order valence-electron chi connectivity index (χ1n) is 1.91. The molecule has 0 saturated heterocycles. The van der Waals surface area contributed by atoms with Crippen molar-refractivity contribution in [3.8, 4) is 0 Å². The van der Waals surface area contributed by atoms with E-state index in [0.717, 1.165) is 0 Å². The topological polar surface area (TPSA) is 38.4 Å². The van der Waals surface area contributed by atoms with Gasteiger partial charge in [-0.25, -0.2) is 0 Å². The lowest BCUT2D eigenvalue weighted by molar-refractivity contribution is 1.57. The smallest absolute Gasteiger partial charge is 0.0261 e. The molecule has 0 aromatic heterocycles. The van der Waals surface area contributed by atoms with Crippen LogP contribution in [0.3, 0.4) is 0 Å². The molecule has 0 aromatic carbocycles. The van der Waals surface area contributed by atoms with Crippen LogP contribution in [0.2, 0.25) is 0 Å². The van der Waals surface area contributed by atoms with Crippen LogP contribution in [0.5, 0.6) is 0 Å². The van der Waals surface area contributed by atoms with Crippen LogP contribution in [-0.4, -0.2) is 6.72 Å². The molecule has 0 amide bonds. The van der Waals surface area contributed by atoms with E-state index in [9.17, 15) is 0 Å². The summed E-state index contributed by atoms with van der Waals surface area (Å²) in [5.74, 6) is 0. The van der Waals surface area contributed by atoms with Crippen LogP contribution in [0.4, 0.5) is 0 Å². The van der Waals surface area contributed by atoms with Gasteiger partial charge in [0.05, 0.1) is 0 Å². The summed E-state index contributed by atoms with van der Waals surface area (Å²) in [6.07, 6.45) is 6.37. The number of nitrogens with two attached hydrogens (primary N) is 1. The van der Waals surface area contributed by atoms with Gasteiger partial charge in [-0.2, -0.15) is 0 Å². The fourth-order valence-electron chi connectivity index (χ4n) is 0.175. The lowest BCUT2D eigenvalue weighted by Gasteiger charge is -1.66. The summed E-state index contributed by atoms with van der Waals surface area (Å²) in [4.78, 5) is 3.44. The second-order valence-corrected chi connectivity index (χ2v) is 0.909. The van der Waals surface area contributed by atoms with Crippen molar-refractivity contribution in [1.29, 1.82) is 0 Å². The predicted molar refractivity (Wildman–Crippen MR) is 32.0 cm³/mol. The highest BCUT2D eigenvalue weighted by atomic mass is 14.6. The predicted octanol–water partition coefficient (Wildman–Crippen LogP) is 0.673. The van der Waals surface area contributed by atoms with E-state index in [2.05, 4.69) is 11.7 Å². The number of aliphatic imine (C=N–C) groups is 1. The summed E-state index contributed by atoms with van der Waals surface area (Å²) in [5, 5.41) is 0. The number of hydrogen-bond donors (Lipinski definition) is 1. The molecule has 0 aliphatic rings. The largest absolute Gasteiger partial charge is 0.405 e. The maximum absolute atomic E-state index is 4.98. The normalized spacial score (nSPS) is 10.9. The Hall–Kier alpha value is -1.05. The van der Waals surface area contributed by atoms with Crippen LogP contribution in [-0.2, 0) is 0 Å². The molecule has 0 atom stereocenters. The monoisotopic (exact) mass is 96.1 g/mol. The summed E-state index contributed by atoms with van der Waals surface area (Å²) < 4.78 is 0. The standard InChI is InChI=1S/C5H8N2/c1-7-5-3-2-4-6/h2-5H,1,6H2/b4-2-,5-3-. The lowest BCUT2D eigenvalue weighted by atomic mass is 10.6. The van der Waals surface area contributed by atoms with Crippen LogP contribution in [0.25, 0.3) is 0 Å². The van der Waals surface area contributed by atoms with Crippen molar-refractivity contribution < 1.29 is 0 Å². The van der Waals surface area contributed by atoms with Gasteiger partial charge in [0.2, 0.25) is 0 Å².